The van der Waals surface area contributed by atoms with E-state index < -0.39 is 6.04 Å². The molecular weight excluding hydrogens is 590 g/mol. The maximum atomic E-state index is 14.1. The van der Waals surface area contributed by atoms with E-state index in [1.54, 1.807) is 0 Å². The SMILES string of the molecule is CCc1ccc(C[C@@H](NC(=O)N2CCC(N3Cc4ccccc4NC3=O)CC2)C(=O)N2CCN(C3CCN(C)CC3)CC2)cc1CC. The Kier molecular flexibility index (Phi) is 10.7. The first kappa shape index (κ1) is 33.3. The van der Waals surface area contributed by atoms with E-state index in [2.05, 4.69) is 65.6 Å². The molecular formula is C37H53N7O3. The Labute approximate surface area is 280 Å². The number of urea groups is 2. The van der Waals surface area contributed by atoms with Gasteiger partial charge < -0.3 is 30.2 Å². The highest BCUT2D eigenvalue weighted by molar-refractivity contribution is 5.92. The van der Waals surface area contributed by atoms with Gasteiger partial charge in [-0.2, -0.15) is 0 Å². The molecule has 3 saturated heterocycles. The lowest BCUT2D eigenvalue weighted by Gasteiger charge is -2.43. The molecule has 3 fully saturated rings. The molecule has 2 aromatic rings. The van der Waals surface area contributed by atoms with Gasteiger partial charge in [0.15, 0.2) is 0 Å². The Morgan fingerprint density at radius 2 is 1.51 bits per heavy atom. The van der Waals surface area contributed by atoms with Crippen LogP contribution >= 0.6 is 0 Å². The van der Waals surface area contributed by atoms with Gasteiger partial charge in [0.1, 0.15) is 6.04 Å². The van der Waals surface area contributed by atoms with Gasteiger partial charge in [-0.3, -0.25) is 9.69 Å². The van der Waals surface area contributed by atoms with Crippen molar-refractivity contribution in [2.24, 2.45) is 0 Å². The van der Waals surface area contributed by atoms with Crippen LogP contribution in [0.15, 0.2) is 42.5 Å². The van der Waals surface area contributed by atoms with Crippen LogP contribution in [-0.2, 0) is 30.6 Å². The Hall–Kier alpha value is -3.63. The molecule has 0 spiro atoms. The van der Waals surface area contributed by atoms with Crippen LogP contribution in [-0.4, -0.2) is 120 Å². The summed E-state index contributed by atoms with van der Waals surface area (Å²) < 4.78 is 0. The van der Waals surface area contributed by atoms with E-state index >= 15 is 0 Å². The molecule has 2 N–H and O–H groups in total. The predicted octanol–water partition coefficient (Wildman–Crippen LogP) is 4.18. The summed E-state index contributed by atoms with van der Waals surface area (Å²) in [5, 5.41) is 6.20. The number of piperidine rings is 2. The maximum absolute atomic E-state index is 14.1. The average molecular weight is 644 g/mol. The van der Waals surface area contributed by atoms with E-state index in [1.807, 2.05) is 32.9 Å². The maximum Gasteiger partial charge on any atom is 0.322 e. The highest BCUT2D eigenvalue weighted by atomic mass is 16.2. The van der Waals surface area contributed by atoms with Crippen LogP contribution in [0.3, 0.4) is 0 Å². The summed E-state index contributed by atoms with van der Waals surface area (Å²) in [6.45, 7) is 11.4. The Balaban J connectivity index is 1.09. The highest BCUT2D eigenvalue weighted by Crippen LogP contribution is 2.28. The Morgan fingerprint density at radius 3 is 2.21 bits per heavy atom. The number of anilines is 1. The number of fused-ring (bicyclic) bond motifs is 1. The second kappa shape index (κ2) is 15.1. The van der Waals surface area contributed by atoms with Crippen LogP contribution in [0.25, 0.3) is 0 Å². The molecule has 4 aliphatic heterocycles. The summed E-state index contributed by atoms with van der Waals surface area (Å²) in [7, 11) is 2.19. The fraction of sp³-hybridized carbons (Fsp3) is 0.595. The van der Waals surface area contributed by atoms with Crippen LogP contribution in [0.4, 0.5) is 15.3 Å². The van der Waals surface area contributed by atoms with Crippen molar-refractivity contribution in [3.8, 4) is 0 Å². The molecule has 0 bridgehead atoms. The monoisotopic (exact) mass is 643 g/mol. The minimum Gasteiger partial charge on any atom is -0.338 e. The van der Waals surface area contributed by atoms with Crippen molar-refractivity contribution in [1.29, 1.82) is 0 Å². The van der Waals surface area contributed by atoms with E-state index in [1.165, 1.54) is 24.0 Å². The number of aryl methyl sites for hydroxylation is 2. The van der Waals surface area contributed by atoms with E-state index in [9.17, 15) is 14.4 Å². The molecule has 10 nitrogen and oxygen atoms in total. The van der Waals surface area contributed by atoms with E-state index in [0.29, 0.717) is 58.0 Å². The lowest BCUT2D eigenvalue weighted by molar-refractivity contribution is -0.135. The summed E-state index contributed by atoms with van der Waals surface area (Å²) in [4.78, 5) is 51.4. The number of carbonyl (C=O) groups excluding carboxylic acids is 3. The minimum absolute atomic E-state index is 0.0116. The van der Waals surface area contributed by atoms with Gasteiger partial charge in [0.2, 0.25) is 5.91 Å². The van der Waals surface area contributed by atoms with Gasteiger partial charge in [0.05, 0.1) is 0 Å². The standard InChI is InChI=1S/C37H53N7O3/c1-4-28-11-10-27(24-29(28)5-2)25-34(35(45)42-22-20-41(21-23-42)31-12-16-40(3)17-13-31)39-36(46)43-18-14-32(15-19-43)44-26-30-8-6-7-9-33(30)38-37(44)47/h6-11,24,31-32,34H,4-5,12-23,25-26H2,1-3H3,(H,38,47)(H,39,46)/t34-/m1/s1. The van der Waals surface area contributed by atoms with Gasteiger partial charge in [0.25, 0.3) is 0 Å². The number of amides is 5. The molecule has 47 heavy (non-hydrogen) atoms. The van der Waals surface area contributed by atoms with E-state index in [-0.39, 0.29) is 24.0 Å². The van der Waals surface area contributed by atoms with Crippen molar-refractivity contribution in [2.45, 2.75) is 83.5 Å². The molecule has 6 rings (SSSR count). The third-order valence-electron chi connectivity index (χ3n) is 11.0. The van der Waals surface area contributed by atoms with E-state index in [4.69, 9.17) is 0 Å². The van der Waals surface area contributed by atoms with Crippen LogP contribution in [0.5, 0.6) is 0 Å². The Morgan fingerprint density at radius 1 is 0.830 bits per heavy atom. The van der Waals surface area contributed by atoms with Crippen molar-refractivity contribution in [3.05, 3.63) is 64.7 Å². The number of para-hydroxylation sites is 1. The summed E-state index contributed by atoms with van der Waals surface area (Å²) in [6, 6.07) is 14.2. The first-order valence-corrected chi connectivity index (χ1v) is 17.9. The number of rotatable bonds is 8. The van der Waals surface area contributed by atoms with Crippen molar-refractivity contribution in [1.82, 2.24) is 29.8 Å². The molecule has 0 radical (unpaired) electrons. The first-order valence-electron chi connectivity index (χ1n) is 17.9. The number of hydrogen-bond acceptors (Lipinski definition) is 5. The molecule has 0 aliphatic carbocycles. The van der Waals surface area contributed by atoms with Crippen molar-refractivity contribution < 1.29 is 14.4 Å². The summed E-state index contributed by atoms with van der Waals surface area (Å²) in [6.07, 6.45) is 6.17. The average Bonchev–Trinajstić information content (AvgIpc) is 3.11. The Bertz CT molecular complexity index is 1410. The predicted molar refractivity (Wildman–Crippen MR) is 185 cm³/mol. The van der Waals surface area contributed by atoms with Crippen LogP contribution in [0.1, 0.15) is 61.8 Å². The second-order valence-corrected chi connectivity index (χ2v) is 13.8. The fourth-order valence-electron chi connectivity index (χ4n) is 7.94. The van der Waals surface area contributed by atoms with Crippen molar-refractivity contribution >= 4 is 23.7 Å². The normalized spacial score (nSPS) is 20.9. The van der Waals surface area contributed by atoms with Crippen molar-refractivity contribution in [2.75, 3.05) is 64.7 Å². The molecule has 0 unspecified atom stereocenters. The number of benzene rings is 2. The van der Waals surface area contributed by atoms with Crippen LogP contribution in [0, 0.1) is 0 Å². The number of nitrogens with zero attached hydrogens (tertiary/aromatic N) is 5. The lowest BCUT2D eigenvalue weighted by atomic mass is 9.96. The summed E-state index contributed by atoms with van der Waals surface area (Å²) >= 11 is 0. The highest BCUT2D eigenvalue weighted by Gasteiger charge is 2.35. The summed E-state index contributed by atoms with van der Waals surface area (Å²) in [5.41, 5.74) is 5.71. The zero-order valence-electron chi connectivity index (χ0n) is 28.5. The van der Waals surface area contributed by atoms with Gasteiger partial charge in [-0.1, -0.05) is 50.2 Å². The van der Waals surface area contributed by atoms with E-state index in [0.717, 1.165) is 55.8 Å². The second-order valence-electron chi connectivity index (χ2n) is 13.8. The molecule has 4 heterocycles. The first-order chi connectivity index (χ1) is 22.8. The van der Waals surface area contributed by atoms with Crippen LogP contribution < -0.4 is 10.6 Å². The smallest absolute Gasteiger partial charge is 0.322 e. The molecule has 10 heteroatoms. The summed E-state index contributed by atoms with van der Waals surface area (Å²) in [5.74, 6) is 0.0116. The minimum atomic E-state index is -0.628. The topological polar surface area (TPSA) is 91.5 Å². The van der Waals surface area contributed by atoms with Crippen LogP contribution in [0.2, 0.25) is 0 Å². The van der Waals surface area contributed by atoms with Crippen molar-refractivity contribution in [3.63, 3.8) is 0 Å². The van der Waals surface area contributed by atoms with Gasteiger partial charge in [0, 0.05) is 70.0 Å². The third kappa shape index (κ3) is 7.75. The molecule has 4 aliphatic rings. The third-order valence-corrected chi connectivity index (χ3v) is 11.0. The van der Waals surface area contributed by atoms with Gasteiger partial charge in [-0.25, -0.2) is 9.59 Å². The largest absolute Gasteiger partial charge is 0.338 e. The van der Waals surface area contributed by atoms with Gasteiger partial charge >= 0.3 is 12.1 Å². The zero-order chi connectivity index (χ0) is 32.9. The molecule has 2 aromatic carbocycles. The number of likely N-dealkylation sites (tertiary alicyclic amines) is 2. The number of carbonyl (C=O) groups is 3. The number of nitrogens with one attached hydrogen (secondary N) is 2. The fourth-order valence-corrected chi connectivity index (χ4v) is 7.94. The molecule has 0 saturated carbocycles. The zero-order valence-corrected chi connectivity index (χ0v) is 28.5. The number of piperazine rings is 1. The van der Waals surface area contributed by atoms with Gasteiger partial charge in [-0.15, -0.1) is 0 Å². The van der Waals surface area contributed by atoms with Gasteiger partial charge in [-0.05, 0) is 87.0 Å². The quantitative estimate of drug-likeness (QED) is 0.451. The molecule has 5 amide bonds. The molecule has 0 aromatic heterocycles. The molecule has 1 atom stereocenters. The lowest BCUT2D eigenvalue weighted by Crippen LogP contribution is -2.59. The number of hydrogen-bond donors (Lipinski definition) is 2. The molecule has 254 valence electrons.